The van der Waals surface area contributed by atoms with E-state index in [-0.39, 0.29) is 18.9 Å². The third-order valence-corrected chi connectivity index (χ3v) is 5.02. The standard InChI is InChI=1S/C23H25N3O5/c1-14-5-8-17(9-6-14)22(29)25-26-12-18(11-21(26)28)23(30)31-13-20(27)24-19-10-15(2)4-7-16(19)3/h4-10,18H,11-13H2,1-3H3,(H,24,27)(H,25,29)/t18-/m1/s1. The molecule has 3 amide bonds. The fraction of sp³-hybridized carbons (Fsp3) is 0.304. The van der Waals surface area contributed by atoms with Gasteiger partial charge in [-0.3, -0.25) is 29.6 Å². The summed E-state index contributed by atoms with van der Waals surface area (Å²) in [5.74, 6) is -2.69. The molecule has 0 aliphatic carbocycles. The van der Waals surface area contributed by atoms with E-state index >= 15 is 0 Å². The Labute approximate surface area is 180 Å². The number of carbonyl (C=O) groups is 4. The van der Waals surface area contributed by atoms with E-state index in [0.29, 0.717) is 11.3 Å². The van der Waals surface area contributed by atoms with Gasteiger partial charge in [0.25, 0.3) is 11.8 Å². The zero-order chi connectivity index (χ0) is 22.5. The molecule has 1 heterocycles. The summed E-state index contributed by atoms with van der Waals surface area (Å²) < 4.78 is 5.09. The Balaban J connectivity index is 1.49. The van der Waals surface area contributed by atoms with Gasteiger partial charge in [-0.25, -0.2) is 0 Å². The first-order valence-electron chi connectivity index (χ1n) is 9.94. The number of anilines is 1. The number of ether oxygens (including phenoxy) is 1. The Kier molecular flexibility index (Phi) is 6.69. The van der Waals surface area contributed by atoms with Gasteiger partial charge in [0.05, 0.1) is 12.5 Å². The maximum Gasteiger partial charge on any atom is 0.311 e. The molecule has 0 bridgehead atoms. The number of benzene rings is 2. The summed E-state index contributed by atoms with van der Waals surface area (Å²) in [5.41, 5.74) is 6.48. The Hall–Kier alpha value is -3.68. The van der Waals surface area contributed by atoms with Crippen LogP contribution in [0.5, 0.6) is 0 Å². The number of hydrogen-bond acceptors (Lipinski definition) is 5. The number of esters is 1. The molecule has 0 saturated carbocycles. The minimum atomic E-state index is -0.751. The average Bonchev–Trinajstić information content (AvgIpc) is 3.09. The van der Waals surface area contributed by atoms with Gasteiger partial charge < -0.3 is 10.1 Å². The number of nitrogens with zero attached hydrogens (tertiary/aromatic N) is 1. The quantitative estimate of drug-likeness (QED) is 0.694. The molecule has 3 rings (SSSR count). The van der Waals surface area contributed by atoms with Crippen LogP contribution >= 0.6 is 0 Å². The second kappa shape index (κ2) is 9.42. The Bertz CT molecular complexity index is 1020. The minimum absolute atomic E-state index is 0.00608. The fourth-order valence-corrected chi connectivity index (χ4v) is 3.18. The molecule has 8 nitrogen and oxygen atoms in total. The Morgan fingerprint density at radius 1 is 1.03 bits per heavy atom. The van der Waals surface area contributed by atoms with E-state index in [1.807, 2.05) is 39.0 Å². The van der Waals surface area contributed by atoms with Gasteiger partial charge in [-0.05, 0) is 50.1 Å². The molecular formula is C23H25N3O5. The molecule has 1 saturated heterocycles. The van der Waals surface area contributed by atoms with Gasteiger partial charge in [-0.1, -0.05) is 29.8 Å². The summed E-state index contributed by atoms with van der Waals surface area (Å²) in [4.78, 5) is 48.9. The molecule has 0 spiro atoms. The normalized spacial score (nSPS) is 15.5. The van der Waals surface area contributed by atoms with Crippen LogP contribution in [-0.4, -0.2) is 41.9 Å². The van der Waals surface area contributed by atoms with E-state index in [1.54, 1.807) is 24.3 Å². The van der Waals surface area contributed by atoms with Crippen molar-refractivity contribution in [3.05, 3.63) is 64.7 Å². The molecule has 162 valence electrons. The van der Waals surface area contributed by atoms with Gasteiger partial charge in [0, 0.05) is 17.7 Å². The van der Waals surface area contributed by atoms with Gasteiger partial charge >= 0.3 is 5.97 Å². The first-order valence-corrected chi connectivity index (χ1v) is 9.94. The lowest BCUT2D eigenvalue weighted by Crippen LogP contribution is -2.43. The molecule has 1 aliphatic heterocycles. The molecule has 8 heteroatoms. The average molecular weight is 423 g/mol. The van der Waals surface area contributed by atoms with Crippen LogP contribution in [0.4, 0.5) is 5.69 Å². The maximum absolute atomic E-state index is 12.3. The fourth-order valence-electron chi connectivity index (χ4n) is 3.18. The number of carbonyl (C=O) groups excluding carboxylic acids is 4. The van der Waals surface area contributed by atoms with E-state index in [4.69, 9.17) is 4.74 Å². The van der Waals surface area contributed by atoms with Crippen molar-refractivity contribution >= 4 is 29.4 Å². The van der Waals surface area contributed by atoms with Crippen molar-refractivity contribution in [1.29, 1.82) is 0 Å². The van der Waals surface area contributed by atoms with E-state index in [1.165, 1.54) is 0 Å². The highest BCUT2D eigenvalue weighted by atomic mass is 16.5. The molecule has 0 aromatic heterocycles. The van der Waals surface area contributed by atoms with Crippen molar-refractivity contribution in [1.82, 2.24) is 10.4 Å². The summed E-state index contributed by atoms with van der Waals surface area (Å²) in [6.07, 6.45) is -0.0916. The highest BCUT2D eigenvalue weighted by Gasteiger charge is 2.36. The number of nitrogens with one attached hydrogen (secondary N) is 2. The lowest BCUT2D eigenvalue weighted by Gasteiger charge is -2.17. The van der Waals surface area contributed by atoms with E-state index in [0.717, 1.165) is 21.7 Å². The monoisotopic (exact) mass is 423 g/mol. The van der Waals surface area contributed by atoms with Crippen LogP contribution < -0.4 is 10.7 Å². The van der Waals surface area contributed by atoms with E-state index < -0.39 is 30.3 Å². The summed E-state index contributed by atoms with van der Waals surface area (Å²) in [6.45, 7) is 5.23. The molecule has 1 aliphatic rings. The van der Waals surface area contributed by atoms with Gasteiger partial charge in [0.15, 0.2) is 6.61 Å². The molecule has 1 fully saturated rings. The predicted octanol–water partition coefficient (Wildman–Crippen LogP) is 2.29. The molecule has 2 aromatic rings. The van der Waals surface area contributed by atoms with E-state index in [2.05, 4.69) is 10.7 Å². The highest BCUT2D eigenvalue weighted by Crippen LogP contribution is 2.19. The van der Waals surface area contributed by atoms with Crippen LogP contribution in [0.3, 0.4) is 0 Å². The van der Waals surface area contributed by atoms with Crippen LogP contribution in [-0.2, 0) is 19.1 Å². The number of hydrazine groups is 1. The van der Waals surface area contributed by atoms with Crippen LogP contribution in [0.25, 0.3) is 0 Å². The topological polar surface area (TPSA) is 105 Å². The van der Waals surface area contributed by atoms with Crippen molar-refractivity contribution in [3.63, 3.8) is 0 Å². The van der Waals surface area contributed by atoms with Crippen molar-refractivity contribution in [2.45, 2.75) is 27.2 Å². The minimum Gasteiger partial charge on any atom is -0.455 e. The number of rotatable bonds is 6. The summed E-state index contributed by atoms with van der Waals surface area (Å²) in [5, 5.41) is 3.83. The predicted molar refractivity (Wildman–Crippen MR) is 114 cm³/mol. The molecule has 0 unspecified atom stereocenters. The summed E-state index contributed by atoms with van der Waals surface area (Å²) in [6, 6.07) is 12.6. The van der Waals surface area contributed by atoms with Gasteiger partial charge in [-0.15, -0.1) is 0 Å². The Morgan fingerprint density at radius 2 is 1.71 bits per heavy atom. The van der Waals surface area contributed by atoms with Crippen molar-refractivity contribution in [2.75, 3.05) is 18.5 Å². The SMILES string of the molecule is Cc1ccc(C(=O)NN2C[C@H](C(=O)OCC(=O)Nc3cc(C)ccc3C)CC2=O)cc1. The molecule has 2 aromatic carbocycles. The summed E-state index contributed by atoms with van der Waals surface area (Å²) in [7, 11) is 0. The van der Waals surface area contributed by atoms with Crippen LogP contribution in [0, 0.1) is 26.7 Å². The van der Waals surface area contributed by atoms with E-state index in [9.17, 15) is 19.2 Å². The second-order valence-corrected chi connectivity index (χ2v) is 7.69. The molecular weight excluding hydrogens is 398 g/mol. The maximum atomic E-state index is 12.3. The number of hydrogen-bond donors (Lipinski definition) is 2. The molecule has 2 N–H and O–H groups in total. The zero-order valence-corrected chi connectivity index (χ0v) is 17.7. The first-order chi connectivity index (χ1) is 14.7. The van der Waals surface area contributed by atoms with Gasteiger partial charge in [0.1, 0.15) is 0 Å². The van der Waals surface area contributed by atoms with Gasteiger partial charge in [0.2, 0.25) is 5.91 Å². The van der Waals surface area contributed by atoms with Crippen molar-refractivity contribution in [2.24, 2.45) is 5.92 Å². The molecule has 31 heavy (non-hydrogen) atoms. The third-order valence-electron chi connectivity index (χ3n) is 5.02. The summed E-state index contributed by atoms with van der Waals surface area (Å²) >= 11 is 0. The molecule has 1 atom stereocenters. The van der Waals surface area contributed by atoms with Crippen LogP contribution in [0.2, 0.25) is 0 Å². The highest BCUT2D eigenvalue weighted by molar-refractivity contribution is 5.97. The largest absolute Gasteiger partial charge is 0.455 e. The zero-order valence-electron chi connectivity index (χ0n) is 17.7. The Morgan fingerprint density at radius 3 is 2.42 bits per heavy atom. The molecule has 0 radical (unpaired) electrons. The first kappa shape index (κ1) is 22.0. The van der Waals surface area contributed by atoms with Gasteiger partial charge in [-0.2, -0.15) is 0 Å². The van der Waals surface area contributed by atoms with Crippen LogP contribution in [0.1, 0.15) is 33.5 Å². The van der Waals surface area contributed by atoms with Crippen LogP contribution in [0.15, 0.2) is 42.5 Å². The number of amides is 3. The lowest BCUT2D eigenvalue weighted by atomic mass is 10.1. The smallest absolute Gasteiger partial charge is 0.311 e. The second-order valence-electron chi connectivity index (χ2n) is 7.69. The third kappa shape index (κ3) is 5.69. The lowest BCUT2D eigenvalue weighted by molar-refractivity contribution is -0.151. The number of aryl methyl sites for hydroxylation is 3. The van der Waals surface area contributed by atoms with Crippen molar-refractivity contribution < 1.29 is 23.9 Å². The van der Waals surface area contributed by atoms with Crippen molar-refractivity contribution in [3.8, 4) is 0 Å².